The first-order valence-electron chi connectivity index (χ1n) is 5.32. The van der Waals surface area contributed by atoms with Crippen LogP contribution in [0.1, 0.15) is 5.56 Å². The maximum Gasteiger partial charge on any atom is 0.237 e. The van der Waals surface area contributed by atoms with Crippen LogP contribution in [0.4, 0.5) is 5.69 Å². The van der Waals surface area contributed by atoms with Crippen LogP contribution in [0.5, 0.6) is 5.88 Å². The highest BCUT2D eigenvalue weighted by atomic mass is 16.5. The number of benzene rings is 1. The van der Waals surface area contributed by atoms with E-state index in [0.29, 0.717) is 18.1 Å². The molecule has 0 aliphatic rings. The van der Waals surface area contributed by atoms with E-state index in [4.69, 9.17) is 10.5 Å². The predicted octanol–water partition coefficient (Wildman–Crippen LogP) is 0.680. The van der Waals surface area contributed by atoms with Crippen LogP contribution in [-0.2, 0) is 6.61 Å². The molecule has 0 saturated heterocycles. The maximum absolute atomic E-state index is 5.62. The van der Waals surface area contributed by atoms with Crippen molar-refractivity contribution in [3.05, 3.63) is 42.2 Å². The predicted molar refractivity (Wildman–Crippen MR) is 63.8 cm³/mol. The topological polar surface area (TPSA) is 91.2 Å². The largest absolute Gasteiger partial charge is 0.472 e. The zero-order valence-electron chi connectivity index (χ0n) is 9.39. The van der Waals surface area contributed by atoms with Crippen LogP contribution in [-0.4, -0.2) is 25.0 Å². The Morgan fingerprint density at radius 3 is 2.83 bits per heavy atom. The summed E-state index contributed by atoms with van der Waals surface area (Å²) in [5.74, 6) is 0.495. The summed E-state index contributed by atoms with van der Waals surface area (Å²) in [4.78, 5) is 4.00. The summed E-state index contributed by atoms with van der Waals surface area (Å²) in [7, 11) is 0. The lowest BCUT2D eigenvalue weighted by Gasteiger charge is -2.06. The molecule has 3 rings (SSSR count). The summed E-state index contributed by atoms with van der Waals surface area (Å²) in [6.07, 6.45) is 3.14. The molecule has 0 amide bonds. The molecular weight excluding hydrogens is 232 g/mol. The summed E-state index contributed by atoms with van der Waals surface area (Å²) in [6, 6.07) is 7.47. The molecule has 0 radical (unpaired) electrons. The van der Waals surface area contributed by atoms with Gasteiger partial charge in [0.25, 0.3) is 0 Å². The molecule has 2 heterocycles. The third-order valence-corrected chi connectivity index (χ3v) is 2.44. The van der Waals surface area contributed by atoms with E-state index >= 15 is 0 Å². The van der Waals surface area contributed by atoms with Gasteiger partial charge in [0.1, 0.15) is 6.61 Å². The fourth-order valence-corrected chi connectivity index (χ4v) is 1.52. The molecule has 2 aromatic heterocycles. The Morgan fingerprint density at radius 2 is 2.00 bits per heavy atom. The van der Waals surface area contributed by atoms with Crippen LogP contribution in [0.3, 0.4) is 0 Å². The minimum atomic E-state index is 0.404. The van der Waals surface area contributed by atoms with Crippen molar-refractivity contribution in [1.82, 2.24) is 25.0 Å². The molecule has 0 aliphatic heterocycles. The van der Waals surface area contributed by atoms with Crippen molar-refractivity contribution in [2.75, 3.05) is 5.73 Å². The number of tetrazole rings is 1. The first kappa shape index (κ1) is 10.5. The van der Waals surface area contributed by atoms with Crippen molar-refractivity contribution in [3.8, 4) is 5.88 Å². The molecule has 1 aromatic carbocycles. The van der Waals surface area contributed by atoms with Gasteiger partial charge in [-0.05, 0) is 28.1 Å². The van der Waals surface area contributed by atoms with Gasteiger partial charge in [-0.25, -0.2) is 0 Å². The Bertz CT molecular complexity index is 663. The Morgan fingerprint density at radius 1 is 1.17 bits per heavy atom. The molecule has 0 unspecified atom stereocenters. The van der Waals surface area contributed by atoms with Crippen molar-refractivity contribution in [3.63, 3.8) is 0 Å². The summed E-state index contributed by atoms with van der Waals surface area (Å²) < 4.78 is 7.11. The van der Waals surface area contributed by atoms with Crippen molar-refractivity contribution >= 4 is 11.3 Å². The van der Waals surface area contributed by atoms with E-state index < -0.39 is 0 Å². The number of hydrogen-bond donors (Lipinski definition) is 1. The standard InChI is InChI=1S/C11H10N6O/c12-9-3-1-8(2-4-9)7-18-11-6-13-5-10-14-15-16-17(10)11/h1-6H,7,12H2. The Hall–Kier alpha value is -2.70. The van der Waals surface area contributed by atoms with Crippen LogP contribution >= 0.6 is 0 Å². The molecule has 0 saturated carbocycles. The SMILES string of the molecule is Nc1ccc(COc2cncc3nnnn23)cc1. The number of ether oxygens (including phenoxy) is 1. The molecule has 90 valence electrons. The van der Waals surface area contributed by atoms with Crippen LogP contribution < -0.4 is 10.5 Å². The van der Waals surface area contributed by atoms with E-state index in [0.717, 1.165) is 11.3 Å². The highest BCUT2D eigenvalue weighted by Crippen LogP contribution is 2.12. The zero-order valence-corrected chi connectivity index (χ0v) is 9.39. The first-order chi connectivity index (χ1) is 8.83. The molecule has 3 aromatic rings. The average molecular weight is 242 g/mol. The second-order valence-corrected chi connectivity index (χ2v) is 3.72. The smallest absolute Gasteiger partial charge is 0.237 e. The van der Waals surface area contributed by atoms with E-state index in [-0.39, 0.29) is 0 Å². The second kappa shape index (κ2) is 4.28. The lowest BCUT2D eigenvalue weighted by Crippen LogP contribution is -2.02. The van der Waals surface area contributed by atoms with Crippen molar-refractivity contribution in [2.24, 2.45) is 0 Å². The summed E-state index contributed by atoms with van der Waals surface area (Å²) in [5, 5.41) is 11.2. The zero-order chi connectivity index (χ0) is 12.4. The number of nitrogens with two attached hydrogens (primary N) is 1. The van der Waals surface area contributed by atoms with E-state index in [1.165, 1.54) is 4.52 Å². The van der Waals surface area contributed by atoms with Gasteiger partial charge < -0.3 is 10.5 Å². The van der Waals surface area contributed by atoms with E-state index in [1.54, 1.807) is 12.4 Å². The van der Waals surface area contributed by atoms with Gasteiger partial charge in [0, 0.05) is 5.69 Å². The van der Waals surface area contributed by atoms with Crippen molar-refractivity contribution in [2.45, 2.75) is 6.61 Å². The molecule has 18 heavy (non-hydrogen) atoms. The van der Waals surface area contributed by atoms with E-state index in [2.05, 4.69) is 20.5 Å². The number of aromatic nitrogens is 5. The molecule has 2 N–H and O–H groups in total. The number of nitrogen functional groups attached to an aromatic ring is 1. The molecule has 0 bridgehead atoms. The maximum atomic E-state index is 5.62. The van der Waals surface area contributed by atoms with E-state index in [1.807, 2.05) is 24.3 Å². The molecule has 0 atom stereocenters. The normalized spacial score (nSPS) is 10.7. The van der Waals surface area contributed by atoms with Gasteiger partial charge >= 0.3 is 0 Å². The quantitative estimate of drug-likeness (QED) is 0.679. The van der Waals surface area contributed by atoms with E-state index in [9.17, 15) is 0 Å². The van der Waals surface area contributed by atoms with Gasteiger partial charge in [-0.1, -0.05) is 12.1 Å². The highest BCUT2D eigenvalue weighted by Gasteiger charge is 2.04. The van der Waals surface area contributed by atoms with Crippen LogP contribution in [0, 0.1) is 0 Å². The Labute approximate surface area is 102 Å². The van der Waals surface area contributed by atoms with Crippen molar-refractivity contribution < 1.29 is 4.74 Å². The highest BCUT2D eigenvalue weighted by molar-refractivity contribution is 5.39. The molecular formula is C11H10N6O. The van der Waals surface area contributed by atoms with Gasteiger partial charge in [-0.2, -0.15) is 4.52 Å². The summed E-state index contributed by atoms with van der Waals surface area (Å²) in [6.45, 7) is 0.404. The average Bonchev–Trinajstić information content (AvgIpc) is 2.87. The minimum Gasteiger partial charge on any atom is -0.472 e. The molecule has 7 heteroatoms. The number of anilines is 1. The monoisotopic (exact) mass is 242 g/mol. The van der Waals surface area contributed by atoms with Crippen LogP contribution in [0.25, 0.3) is 5.65 Å². The summed E-state index contributed by atoms with van der Waals surface area (Å²) in [5.41, 5.74) is 7.89. The third kappa shape index (κ3) is 1.93. The van der Waals surface area contributed by atoms with Gasteiger partial charge in [0.15, 0.2) is 0 Å². The number of fused-ring (bicyclic) bond motifs is 1. The van der Waals surface area contributed by atoms with Gasteiger partial charge in [0.05, 0.1) is 12.4 Å². The fourth-order valence-electron chi connectivity index (χ4n) is 1.52. The first-order valence-corrected chi connectivity index (χ1v) is 5.32. The number of rotatable bonds is 3. The number of nitrogens with zero attached hydrogens (tertiary/aromatic N) is 5. The molecule has 0 fully saturated rings. The molecule has 0 aliphatic carbocycles. The van der Waals surface area contributed by atoms with Crippen molar-refractivity contribution in [1.29, 1.82) is 0 Å². The van der Waals surface area contributed by atoms with Gasteiger partial charge in [-0.3, -0.25) is 4.98 Å². The lowest BCUT2D eigenvalue weighted by molar-refractivity contribution is 0.284. The Balaban J connectivity index is 1.80. The van der Waals surface area contributed by atoms with Gasteiger partial charge in [0.2, 0.25) is 11.5 Å². The van der Waals surface area contributed by atoms with Crippen LogP contribution in [0.15, 0.2) is 36.7 Å². The summed E-state index contributed by atoms with van der Waals surface area (Å²) >= 11 is 0. The molecule has 0 spiro atoms. The van der Waals surface area contributed by atoms with Gasteiger partial charge in [-0.15, -0.1) is 5.10 Å². The number of hydrogen-bond acceptors (Lipinski definition) is 6. The third-order valence-electron chi connectivity index (χ3n) is 2.44. The van der Waals surface area contributed by atoms with Crippen LogP contribution in [0.2, 0.25) is 0 Å². The molecule has 7 nitrogen and oxygen atoms in total. The fraction of sp³-hybridized carbons (Fsp3) is 0.0909. The second-order valence-electron chi connectivity index (χ2n) is 3.72. The minimum absolute atomic E-state index is 0.404. The Kier molecular flexibility index (Phi) is 2.49. The lowest BCUT2D eigenvalue weighted by atomic mass is 10.2.